The molecule has 0 atom stereocenters. The molecule has 0 aliphatic heterocycles. The number of ether oxygens (including phenoxy) is 1. The highest BCUT2D eigenvalue weighted by Gasteiger charge is 2.13. The lowest BCUT2D eigenvalue weighted by Gasteiger charge is -2.08. The second kappa shape index (κ2) is 9.21. The number of sulfonamides is 1. The SMILES string of the molecule is COCCNS(=O)(=O)c1ccc(CNC(=O)c2ccc([N+](=O)[O-])cc2)cc1. The highest BCUT2D eigenvalue weighted by Crippen LogP contribution is 2.13. The van der Waals surface area contributed by atoms with E-state index in [0.29, 0.717) is 11.1 Å². The van der Waals surface area contributed by atoms with Crippen molar-refractivity contribution >= 4 is 21.6 Å². The average Bonchev–Trinajstić information content (AvgIpc) is 2.66. The van der Waals surface area contributed by atoms with Gasteiger partial charge in [-0.15, -0.1) is 0 Å². The van der Waals surface area contributed by atoms with Crippen molar-refractivity contribution in [1.29, 1.82) is 0 Å². The molecule has 2 rings (SSSR count). The van der Waals surface area contributed by atoms with Gasteiger partial charge in [-0.3, -0.25) is 14.9 Å². The highest BCUT2D eigenvalue weighted by molar-refractivity contribution is 7.89. The molecular weight excluding hydrogens is 374 g/mol. The predicted octanol–water partition coefficient (Wildman–Crippen LogP) is 1.45. The van der Waals surface area contributed by atoms with Crippen molar-refractivity contribution < 1.29 is 22.9 Å². The Hall–Kier alpha value is -2.82. The second-order valence-corrected chi connectivity index (χ2v) is 7.29. The number of nitro groups is 1. The van der Waals surface area contributed by atoms with E-state index >= 15 is 0 Å². The molecule has 0 saturated heterocycles. The Morgan fingerprint density at radius 1 is 1.11 bits per heavy atom. The summed E-state index contributed by atoms with van der Waals surface area (Å²) in [7, 11) is -2.13. The number of carbonyl (C=O) groups is 1. The number of non-ortho nitro benzene ring substituents is 1. The molecule has 0 aliphatic rings. The van der Waals surface area contributed by atoms with E-state index in [1.165, 1.54) is 43.5 Å². The van der Waals surface area contributed by atoms with Gasteiger partial charge < -0.3 is 10.1 Å². The van der Waals surface area contributed by atoms with Gasteiger partial charge >= 0.3 is 0 Å². The van der Waals surface area contributed by atoms with Crippen molar-refractivity contribution in [3.05, 3.63) is 69.8 Å². The number of carbonyl (C=O) groups excluding carboxylic acids is 1. The fraction of sp³-hybridized carbons (Fsp3) is 0.235. The number of benzene rings is 2. The normalized spacial score (nSPS) is 11.1. The number of amides is 1. The molecule has 0 spiro atoms. The van der Waals surface area contributed by atoms with Crippen molar-refractivity contribution in [2.45, 2.75) is 11.4 Å². The Bertz CT molecular complexity index is 895. The lowest BCUT2D eigenvalue weighted by Crippen LogP contribution is -2.27. The van der Waals surface area contributed by atoms with Crippen molar-refractivity contribution in [2.24, 2.45) is 0 Å². The summed E-state index contributed by atoms with van der Waals surface area (Å²) >= 11 is 0. The summed E-state index contributed by atoms with van der Waals surface area (Å²) in [6.45, 7) is 0.630. The number of methoxy groups -OCH3 is 1. The first-order chi connectivity index (χ1) is 12.8. The van der Waals surface area contributed by atoms with Crippen molar-refractivity contribution in [1.82, 2.24) is 10.0 Å². The molecule has 0 aromatic heterocycles. The maximum Gasteiger partial charge on any atom is 0.269 e. The monoisotopic (exact) mass is 393 g/mol. The molecule has 0 unspecified atom stereocenters. The summed E-state index contributed by atoms with van der Waals surface area (Å²) in [5.41, 5.74) is 0.908. The van der Waals surface area contributed by atoms with E-state index in [2.05, 4.69) is 10.0 Å². The number of nitrogens with one attached hydrogen (secondary N) is 2. The van der Waals surface area contributed by atoms with Crippen LogP contribution in [0.1, 0.15) is 15.9 Å². The number of hydrogen-bond donors (Lipinski definition) is 2. The Balaban J connectivity index is 1.94. The zero-order chi connectivity index (χ0) is 19.9. The van der Waals surface area contributed by atoms with Gasteiger partial charge in [0.05, 0.1) is 16.4 Å². The number of hydrogen-bond acceptors (Lipinski definition) is 6. The molecule has 0 aliphatic carbocycles. The van der Waals surface area contributed by atoms with Crippen molar-refractivity contribution in [3.63, 3.8) is 0 Å². The molecule has 144 valence electrons. The van der Waals surface area contributed by atoms with Gasteiger partial charge in [0, 0.05) is 37.9 Å². The predicted molar refractivity (Wildman–Crippen MR) is 97.8 cm³/mol. The van der Waals surface area contributed by atoms with Crippen LogP contribution in [0.3, 0.4) is 0 Å². The quantitative estimate of drug-likeness (QED) is 0.377. The molecule has 10 heteroatoms. The molecule has 2 aromatic rings. The van der Waals surface area contributed by atoms with Gasteiger partial charge in [0.1, 0.15) is 0 Å². The molecule has 0 radical (unpaired) electrons. The summed E-state index contributed by atoms with van der Waals surface area (Å²) in [4.78, 5) is 22.3. The van der Waals surface area contributed by atoms with E-state index in [0.717, 1.165) is 0 Å². The van der Waals surface area contributed by atoms with E-state index in [1.807, 2.05) is 0 Å². The van der Waals surface area contributed by atoms with Crippen LogP contribution in [0.25, 0.3) is 0 Å². The highest BCUT2D eigenvalue weighted by atomic mass is 32.2. The zero-order valence-corrected chi connectivity index (χ0v) is 15.4. The lowest BCUT2D eigenvalue weighted by molar-refractivity contribution is -0.384. The van der Waals surface area contributed by atoms with Crippen LogP contribution in [0.2, 0.25) is 0 Å². The third-order valence-corrected chi connectivity index (χ3v) is 5.10. The molecule has 9 nitrogen and oxygen atoms in total. The topological polar surface area (TPSA) is 128 Å². The first-order valence-corrected chi connectivity index (χ1v) is 9.42. The maximum absolute atomic E-state index is 12.1. The van der Waals surface area contributed by atoms with Gasteiger partial charge in [0.15, 0.2) is 0 Å². The van der Waals surface area contributed by atoms with E-state index < -0.39 is 14.9 Å². The first kappa shape index (κ1) is 20.5. The van der Waals surface area contributed by atoms with E-state index in [-0.39, 0.29) is 36.2 Å². The van der Waals surface area contributed by atoms with E-state index in [1.54, 1.807) is 12.1 Å². The minimum Gasteiger partial charge on any atom is -0.383 e. The van der Waals surface area contributed by atoms with Gasteiger partial charge in [-0.2, -0.15) is 0 Å². The Morgan fingerprint density at radius 3 is 2.30 bits per heavy atom. The summed E-state index contributed by atoms with van der Waals surface area (Å²) in [5.74, 6) is -0.386. The number of rotatable bonds is 9. The summed E-state index contributed by atoms with van der Waals surface area (Å²) in [5, 5.41) is 13.3. The van der Waals surface area contributed by atoms with Gasteiger partial charge in [-0.05, 0) is 29.8 Å². The van der Waals surface area contributed by atoms with Crippen LogP contribution < -0.4 is 10.0 Å². The van der Waals surface area contributed by atoms with Crippen LogP contribution >= 0.6 is 0 Å². The standard InChI is InChI=1S/C17H19N3O6S/c1-26-11-10-19-27(24,25)16-8-2-13(3-9-16)12-18-17(21)14-4-6-15(7-5-14)20(22)23/h2-9,19H,10-12H2,1H3,(H,18,21). The van der Waals surface area contributed by atoms with Crippen LogP contribution in [0, 0.1) is 10.1 Å². The Morgan fingerprint density at radius 2 is 1.74 bits per heavy atom. The van der Waals surface area contributed by atoms with Crippen LogP contribution in [-0.4, -0.2) is 39.5 Å². The van der Waals surface area contributed by atoms with Gasteiger partial charge in [-0.25, -0.2) is 13.1 Å². The Kier molecular flexibility index (Phi) is 6.99. The lowest BCUT2D eigenvalue weighted by atomic mass is 10.2. The van der Waals surface area contributed by atoms with Crippen molar-refractivity contribution in [3.8, 4) is 0 Å². The maximum atomic E-state index is 12.1. The fourth-order valence-corrected chi connectivity index (χ4v) is 3.18. The molecule has 2 aromatic carbocycles. The van der Waals surface area contributed by atoms with Gasteiger partial charge in [0.25, 0.3) is 11.6 Å². The zero-order valence-electron chi connectivity index (χ0n) is 14.5. The third kappa shape index (κ3) is 5.84. The molecule has 2 N–H and O–H groups in total. The summed E-state index contributed by atoms with van der Waals surface area (Å²) in [6, 6.07) is 11.3. The van der Waals surface area contributed by atoms with Crippen LogP contribution in [-0.2, 0) is 21.3 Å². The van der Waals surface area contributed by atoms with Crippen molar-refractivity contribution in [2.75, 3.05) is 20.3 Å². The van der Waals surface area contributed by atoms with E-state index in [4.69, 9.17) is 4.74 Å². The van der Waals surface area contributed by atoms with Gasteiger partial charge in [0.2, 0.25) is 10.0 Å². The molecule has 0 bridgehead atoms. The van der Waals surface area contributed by atoms with Crippen LogP contribution in [0.15, 0.2) is 53.4 Å². The van der Waals surface area contributed by atoms with E-state index in [9.17, 15) is 23.3 Å². The second-order valence-electron chi connectivity index (χ2n) is 5.52. The molecule has 0 fully saturated rings. The number of nitrogens with zero attached hydrogens (tertiary/aromatic N) is 1. The molecular formula is C17H19N3O6S. The minimum atomic E-state index is -3.61. The molecule has 0 heterocycles. The smallest absolute Gasteiger partial charge is 0.269 e. The first-order valence-electron chi connectivity index (χ1n) is 7.93. The summed E-state index contributed by atoms with van der Waals surface area (Å²) < 4.78 is 31.3. The molecule has 27 heavy (non-hydrogen) atoms. The molecule has 0 saturated carbocycles. The fourth-order valence-electron chi connectivity index (χ4n) is 2.17. The third-order valence-electron chi connectivity index (χ3n) is 3.63. The largest absolute Gasteiger partial charge is 0.383 e. The average molecular weight is 393 g/mol. The van der Waals surface area contributed by atoms with Crippen LogP contribution in [0.4, 0.5) is 5.69 Å². The van der Waals surface area contributed by atoms with Crippen LogP contribution in [0.5, 0.6) is 0 Å². The number of nitro benzene ring substituents is 1. The summed E-state index contributed by atoms with van der Waals surface area (Å²) in [6.07, 6.45) is 0. The molecule has 1 amide bonds. The van der Waals surface area contributed by atoms with Gasteiger partial charge in [-0.1, -0.05) is 12.1 Å². The minimum absolute atomic E-state index is 0.0949. The Labute approximate surface area is 156 Å².